The van der Waals surface area contributed by atoms with Crippen molar-refractivity contribution in [2.75, 3.05) is 19.6 Å². The summed E-state index contributed by atoms with van der Waals surface area (Å²) < 4.78 is 2.22. The van der Waals surface area contributed by atoms with Gasteiger partial charge in [-0.3, -0.25) is 4.90 Å². The Labute approximate surface area is 138 Å². The van der Waals surface area contributed by atoms with Crippen molar-refractivity contribution in [3.8, 4) is 0 Å². The third-order valence-corrected chi connectivity index (χ3v) is 5.00. The van der Waals surface area contributed by atoms with E-state index in [9.17, 15) is 0 Å². The fourth-order valence-electron chi connectivity index (χ4n) is 3.64. The van der Waals surface area contributed by atoms with E-state index >= 15 is 0 Å². The van der Waals surface area contributed by atoms with Gasteiger partial charge in [0, 0.05) is 25.6 Å². The topological polar surface area (TPSA) is 84.4 Å². The quantitative estimate of drug-likeness (QED) is 0.622. The van der Waals surface area contributed by atoms with Crippen LogP contribution in [0.3, 0.4) is 0 Å². The minimum Gasteiger partial charge on any atom is -0.370 e. The van der Waals surface area contributed by atoms with E-state index in [1.807, 2.05) is 0 Å². The molecule has 7 heteroatoms. The van der Waals surface area contributed by atoms with Crippen molar-refractivity contribution in [2.45, 2.75) is 64.6 Å². The maximum Gasteiger partial charge on any atom is 0.189 e. The van der Waals surface area contributed by atoms with Crippen LogP contribution in [0.4, 0.5) is 0 Å². The molecule has 2 aliphatic rings. The fourth-order valence-corrected chi connectivity index (χ4v) is 3.64. The molecule has 1 unspecified atom stereocenters. The van der Waals surface area contributed by atoms with Crippen molar-refractivity contribution in [1.29, 1.82) is 0 Å². The molecule has 23 heavy (non-hydrogen) atoms. The standard InChI is InChI=1S/C16H29N7/c1-2-22-9-6-7-13(22)11-18-16(17)19-12-15-21-20-14-8-4-3-5-10-23(14)15/h13H,2-12H2,1H3,(H3,17,18,19). The molecule has 0 aromatic carbocycles. The number of likely N-dealkylation sites (N-methyl/N-ethyl adjacent to an activating group) is 1. The summed E-state index contributed by atoms with van der Waals surface area (Å²) in [6.07, 6.45) is 7.23. The summed E-state index contributed by atoms with van der Waals surface area (Å²) in [5, 5.41) is 11.9. The Morgan fingerprint density at radius 3 is 3.04 bits per heavy atom. The van der Waals surface area contributed by atoms with Gasteiger partial charge >= 0.3 is 0 Å². The first-order valence-corrected chi connectivity index (χ1v) is 8.96. The lowest BCUT2D eigenvalue weighted by molar-refractivity contribution is 0.267. The van der Waals surface area contributed by atoms with Gasteiger partial charge in [-0.2, -0.15) is 0 Å². The number of rotatable bonds is 5. The molecule has 0 bridgehead atoms. The first-order chi connectivity index (χ1) is 11.3. The number of hydrogen-bond donors (Lipinski definition) is 2. The predicted molar refractivity (Wildman–Crippen MR) is 91.2 cm³/mol. The monoisotopic (exact) mass is 319 g/mol. The summed E-state index contributed by atoms with van der Waals surface area (Å²) in [5.74, 6) is 2.55. The van der Waals surface area contributed by atoms with Gasteiger partial charge < -0.3 is 15.6 Å². The zero-order valence-corrected chi connectivity index (χ0v) is 14.2. The lowest BCUT2D eigenvalue weighted by Gasteiger charge is -2.23. The first kappa shape index (κ1) is 16.2. The third-order valence-electron chi connectivity index (χ3n) is 5.00. The Hall–Kier alpha value is -1.63. The Balaban J connectivity index is 1.52. The average molecular weight is 319 g/mol. The summed E-state index contributed by atoms with van der Waals surface area (Å²) >= 11 is 0. The molecular formula is C16H29N7. The highest BCUT2D eigenvalue weighted by atomic mass is 15.3. The fraction of sp³-hybridized carbons (Fsp3) is 0.812. The molecule has 1 aromatic heterocycles. The number of aromatic nitrogens is 3. The van der Waals surface area contributed by atoms with Gasteiger partial charge in [0.2, 0.25) is 0 Å². The number of aryl methyl sites for hydroxylation is 1. The Bertz CT molecular complexity index is 537. The lowest BCUT2D eigenvalue weighted by atomic mass is 10.2. The van der Waals surface area contributed by atoms with Gasteiger partial charge in [0.25, 0.3) is 0 Å². The molecule has 0 amide bonds. The van der Waals surface area contributed by atoms with Crippen molar-refractivity contribution in [2.24, 2.45) is 10.7 Å². The zero-order valence-electron chi connectivity index (χ0n) is 14.2. The SMILES string of the molecule is CCN1CCCC1CNC(N)=NCc1nnc2n1CCCCC2. The van der Waals surface area contributed by atoms with Crippen LogP contribution in [0.25, 0.3) is 0 Å². The predicted octanol–water partition coefficient (Wildman–Crippen LogP) is 0.893. The van der Waals surface area contributed by atoms with Gasteiger partial charge in [0.1, 0.15) is 12.4 Å². The second kappa shape index (κ2) is 7.77. The molecule has 128 valence electrons. The number of fused-ring (bicyclic) bond motifs is 1. The van der Waals surface area contributed by atoms with Crippen LogP contribution < -0.4 is 11.1 Å². The van der Waals surface area contributed by atoms with Crippen LogP contribution in [0.15, 0.2) is 4.99 Å². The van der Waals surface area contributed by atoms with Gasteiger partial charge in [0.15, 0.2) is 11.8 Å². The number of nitrogens with two attached hydrogens (primary N) is 1. The highest BCUT2D eigenvalue weighted by Gasteiger charge is 2.22. The van der Waals surface area contributed by atoms with Gasteiger partial charge in [-0.05, 0) is 38.8 Å². The number of nitrogens with one attached hydrogen (secondary N) is 1. The van der Waals surface area contributed by atoms with Crippen LogP contribution in [0, 0.1) is 0 Å². The molecule has 3 rings (SSSR count). The number of nitrogens with zero attached hydrogens (tertiary/aromatic N) is 5. The minimum absolute atomic E-state index is 0.508. The van der Waals surface area contributed by atoms with Crippen molar-refractivity contribution < 1.29 is 0 Å². The second-order valence-electron chi connectivity index (χ2n) is 6.50. The molecule has 2 aliphatic heterocycles. The van der Waals surface area contributed by atoms with E-state index in [0.29, 0.717) is 18.5 Å². The maximum atomic E-state index is 6.03. The summed E-state index contributed by atoms with van der Waals surface area (Å²) in [7, 11) is 0. The molecule has 0 saturated carbocycles. The van der Waals surface area contributed by atoms with Gasteiger partial charge in [-0.1, -0.05) is 13.3 Å². The normalized spacial score (nSPS) is 22.8. The molecule has 0 spiro atoms. The molecule has 1 fully saturated rings. The van der Waals surface area contributed by atoms with Crippen LogP contribution in [0.2, 0.25) is 0 Å². The van der Waals surface area contributed by atoms with Gasteiger partial charge in [-0.15, -0.1) is 10.2 Å². The maximum absolute atomic E-state index is 6.03. The van der Waals surface area contributed by atoms with E-state index in [1.54, 1.807) is 0 Å². The van der Waals surface area contributed by atoms with E-state index in [2.05, 4.69) is 36.9 Å². The summed E-state index contributed by atoms with van der Waals surface area (Å²) in [6, 6.07) is 0.582. The number of aliphatic imine (C=N–C) groups is 1. The number of guanidine groups is 1. The Morgan fingerprint density at radius 2 is 2.17 bits per heavy atom. The molecule has 0 radical (unpaired) electrons. The smallest absolute Gasteiger partial charge is 0.189 e. The van der Waals surface area contributed by atoms with E-state index in [1.165, 1.54) is 38.6 Å². The highest BCUT2D eigenvalue weighted by Crippen LogP contribution is 2.16. The van der Waals surface area contributed by atoms with E-state index < -0.39 is 0 Å². The Morgan fingerprint density at radius 1 is 1.26 bits per heavy atom. The number of likely N-dealkylation sites (tertiary alicyclic amines) is 1. The van der Waals surface area contributed by atoms with E-state index in [-0.39, 0.29) is 0 Å². The van der Waals surface area contributed by atoms with Crippen LogP contribution in [0.1, 0.15) is 50.7 Å². The van der Waals surface area contributed by atoms with Crippen molar-refractivity contribution in [1.82, 2.24) is 25.0 Å². The minimum atomic E-state index is 0.508. The summed E-state index contributed by atoms with van der Waals surface area (Å²) in [4.78, 5) is 6.96. The second-order valence-corrected chi connectivity index (χ2v) is 6.50. The zero-order chi connectivity index (χ0) is 16.1. The molecule has 3 heterocycles. The Kier molecular flexibility index (Phi) is 5.48. The molecule has 1 atom stereocenters. The molecule has 1 aromatic rings. The third kappa shape index (κ3) is 4.02. The molecule has 1 saturated heterocycles. The molecule has 0 aliphatic carbocycles. The van der Waals surface area contributed by atoms with E-state index in [4.69, 9.17) is 5.73 Å². The van der Waals surface area contributed by atoms with Crippen molar-refractivity contribution >= 4 is 5.96 Å². The lowest BCUT2D eigenvalue weighted by Crippen LogP contribution is -2.42. The molecule has 7 nitrogen and oxygen atoms in total. The van der Waals surface area contributed by atoms with Crippen molar-refractivity contribution in [3.63, 3.8) is 0 Å². The van der Waals surface area contributed by atoms with Crippen LogP contribution >= 0.6 is 0 Å². The summed E-state index contributed by atoms with van der Waals surface area (Å²) in [5.41, 5.74) is 6.03. The average Bonchev–Trinajstić information content (AvgIpc) is 3.11. The largest absolute Gasteiger partial charge is 0.370 e. The van der Waals surface area contributed by atoms with E-state index in [0.717, 1.165) is 37.7 Å². The molecular weight excluding hydrogens is 290 g/mol. The molecule has 3 N–H and O–H groups in total. The first-order valence-electron chi connectivity index (χ1n) is 8.96. The number of hydrogen-bond acceptors (Lipinski definition) is 4. The van der Waals surface area contributed by atoms with Crippen LogP contribution in [-0.2, 0) is 19.5 Å². The van der Waals surface area contributed by atoms with Gasteiger partial charge in [0.05, 0.1) is 0 Å². The van der Waals surface area contributed by atoms with Gasteiger partial charge in [-0.25, -0.2) is 4.99 Å². The van der Waals surface area contributed by atoms with Crippen LogP contribution in [0.5, 0.6) is 0 Å². The summed E-state index contributed by atoms with van der Waals surface area (Å²) in [6.45, 7) is 6.91. The highest BCUT2D eigenvalue weighted by molar-refractivity contribution is 5.77. The van der Waals surface area contributed by atoms with Crippen LogP contribution in [-0.4, -0.2) is 51.3 Å². The van der Waals surface area contributed by atoms with Crippen molar-refractivity contribution in [3.05, 3.63) is 11.6 Å².